The van der Waals surface area contributed by atoms with Gasteiger partial charge in [-0.15, -0.1) is 0 Å². The lowest BCUT2D eigenvalue weighted by Gasteiger charge is -1.95. The van der Waals surface area contributed by atoms with Gasteiger partial charge < -0.3 is 10.1 Å². The molecule has 1 aromatic heterocycles. The third-order valence-corrected chi connectivity index (χ3v) is 1.85. The van der Waals surface area contributed by atoms with E-state index in [1.165, 1.54) is 30.3 Å². The van der Waals surface area contributed by atoms with Crippen LogP contribution in [-0.2, 0) is 0 Å². The molecule has 0 aliphatic rings. The van der Waals surface area contributed by atoms with E-state index >= 15 is 0 Å². The first kappa shape index (κ1) is 8.55. The van der Waals surface area contributed by atoms with Gasteiger partial charge in [0.2, 0.25) is 0 Å². The Morgan fingerprint density at radius 3 is 2.79 bits per heavy atom. The van der Waals surface area contributed by atoms with Crippen LogP contribution in [-0.4, -0.2) is 9.91 Å². The van der Waals surface area contributed by atoms with Gasteiger partial charge in [-0.1, -0.05) is 6.07 Å². The van der Waals surface area contributed by atoms with Crippen molar-refractivity contribution in [3.05, 3.63) is 46.3 Å². The lowest BCUT2D eigenvalue weighted by atomic mass is 10.2. The molecule has 0 saturated heterocycles. The molecule has 0 bridgehead atoms. The molecule has 0 fully saturated rings. The first-order valence-corrected chi connectivity index (χ1v) is 3.88. The third-order valence-electron chi connectivity index (χ3n) is 1.85. The molecule has 0 atom stereocenters. The normalized spacial score (nSPS) is 10.4. The van der Waals surface area contributed by atoms with E-state index in [2.05, 4.69) is 4.98 Å². The Hall–Kier alpha value is -2.04. The number of nitro groups is 1. The molecule has 4 nitrogen and oxygen atoms in total. The number of pyridine rings is 1. The number of aromatic nitrogens is 1. The zero-order valence-electron chi connectivity index (χ0n) is 6.98. The Labute approximate surface area is 78.2 Å². The molecule has 0 spiro atoms. The fourth-order valence-corrected chi connectivity index (χ4v) is 1.21. The summed E-state index contributed by atoms with van der Waals surface area (Å²) in [6, 6.07) is 6.83. The fourth-order valence-electron chi connectivity index (χ4n) is 1.21. The minimum absolute atomic E-state index is 0.275. The molecule has 1 heterocycles. The summed E-state index contributed by atoms with van der Waals surface area (Å²) in [5.41, 5.74) is 0.291. The van der Waals surface area contributed by atoms with Crippen LogP contribution in [0.2, 0.25) is 0 Å². The van der Waals surface area contributed by atoms with Crippen molar-refractivity contribution >= 4 is 16.7 Å². The third kappa shape index (κ3) is 1.28. The molecule has 1 aromatic carbocycles. The van der Waals surface area contributed by atoms with E-state index in [4.69, 9.17) is 0 Å². The van der Waals surface area contributed by atoms with Gasteiger partial charge in [-0.05, 0) is 28.1 Å². The molecule has 0 radical (unpaired) electrons. The highest BCUT2D eigenvalue weighted by molar-refractivity contribution is 5.80. The Bertz CT molecular complexity index is 513. The van der Waals surface area contributed by atoms with Gasteiger partial charge in [0.05, 0.1) is 5.39 Å². The number of hydrogen-bond acceptors (Lipinski definition) is 3. The van der Waals surface area contributed by atoms with E-state index in [-0.39, 0.29) is 11.2 Å². The largest absolute Gasteiger partial charge is 0.364 e. The zero-order chi connectivity index (χ0) is 10.1. The molecule has 70 valence electrons. The highest BCUT2D eigenvalue weighted by atomic mass is 19.1. The van der Waals surface area contributed by atoms with Crippen molar-refractivity contribution in [2.24, 2.45) is 0 Å². The molecule has 0 unspecified atom stereocenters. The highest BCUT2D eigenvalue weighted by Gasteiger charge is 2.10. The van der Waals surface area contributed by atoms with Crippen molar-refractivity contribution in [3.8, 4) is 0 Å². The number of fused-ring (bicyclic) bond motifs is 1. The highest BCUT2D eigenvalue weighted by Crippen LogP contribution is 2.18. The van der Waals surface area contributed by atoms with Gasteiger partial charge in [-0.2, -0.15) is 0 Å². The second-order valence-corrected chi connectivity index (χ2v) is 2.73. The van der Waals surface area contributed by atoms with Crippen molar-refractivity contribution in [1.29, 1.82) is 0 Å². The first-order chi connectivity index (χ1) is 6.68. The molecular formula is C9H5FN2O2. The standard InChI is InChI=1S/C9H5FN2O2/c10-7-2-1-3-8-6(7)4-5-9(11-8)12(13)14/h1-5H. The van der Waals surface area contributed by atoms with Gasteiger partial charge in [0.15, 0.2) is 5.52 Å². The van der Waals surface area contributed by atoms with Gasteiger partial charge >= 0.3 is 5.82 Å². The number of benzene rings is 1. The number of rotatable bonds is 1. The molecule has 5 heteroatoms. The average molecular weight is 192 g/mol. The van der Waals surface area contributed by atoms with Gasteiger partial charge in [0, 0.05) is 6.07 Å². The van der Waals surface area contributed by atoms with Crippen molar-refractivity contribution in [1.82, 2.24) is 4.98 Å². The van der Waals surface area contributed by atoms with E-state index < -0.39 is 10.7 Å². The van der Waals surface area contributed by atoms with Crippen LogP contribution in [0.1, 0.15) is 0 Å². The number of hydrogen-bond donors (Lipinski definition) is 0. The summed E-state index contributed by atoms with van der Waals surface area (Å²) >= 11 is 0. The summed E-state index contributed by atoms with van der Waals surface area (Å²) < 4.78 is 13.1. The van der Waals surface area contributed by atoms with Gasteiger partial charge in [-0.3, -0.25) is 0 Å². The van der Waals surface area contributed by atoms with Crippen LogP contribution in [0.3, 0.4) is 0 Å². The van der Waals surface area contributed by atoms with Crippen LogP contribution in [0, 0.1) is 15.9 Å². The summed E-state index contributed by atoms with van der Waals surface area (Å²) in [5.74, 6) is -0.701. The van der Waals surface area contributed by atoms with E-state index in [1.807, 2.05) is 0 Å². The monoisotopic (exact) mass is 192 g/mol. The Balaban J connectivity index is 2.73. The summed E-state index contributed by atoms with van der Waals surface area (Å²) in [6.45, 7) is 0. The van der Waals surface area contributed by atoms with E-state index in [9.17, 15) is 14.5 Å². The van der Waals surface area contributed by atoms with E-state index in [0.29, 0.717) is 5.52 Å². The lowest BCUT2D eigenvalue weighted by Crippen LogP contribution is -1.92. The van der Waals surface area contributed by atoms with Crippen LogP contribution in [0.15, 0.2) is 30.3 Å². The van der Waals surface area contributed by atoms with E-state index in [0.717, 1.165) is 0 Å². The summed E-state index contributed by atoms with van der Waals surface area (Å²) in [6.07, 6.45) is 0. The van der Waals surface area contributed by atoms with Crippen LogP contribution >= 0.6 is 0 Å². The summed E-state index contributed by atoms with van der Waals surface area (Å²) in [5, 5.41) is 10.7. The fraction of sp³-hybridized carbons (Fsp3) is 0. The van der Waals surface area contributed by atoms with Gasteiger partial charge in [0.1, 0.15) is 5.82 Å². The molecule has 0 N–H and O–H groups in total. The van der Waals surface area contributed by atoms with Crippen molar-refractivity contribution in [2.45, 2.75) is 0 Å². The first-order valence-electron chi connectivity index (χ1n) is 3.88. The topological polar surface area (TPSA) is 56.0 Å². The minimum atomic E-state index is -0.607. The van der Waals surface area contributed by atoms with Crippen LogP contribution in [0.5, 0.6) is 0 Å². The Morgan fingerprint density at radius 1 is 1.29 bits per heavy atom. The SMILES string of the molecule is O=[N+]([O-])c1ccc2c(F)cccc2n1. The second kappa shape index (κ2) is 3.02. The molecule has 0 amide bonds. The predicted octanol–water partition coefficient (Wildman–Crippen LogP) is 2.28. The number of nitrogens with zero attached hydrogens (tertiary/aromatic N) is 2. The molecule has 2 rings (SSSR count). The average Bonchev–Trinajstić information content (AvgIpc) is 2.17. The maximum atomic E-state index is 13.1. The van der Waals surface area contributed by atoms with Gasteiger partial charge in [0.25, 0.3) is 0 Å². The van der Waals surface area contributed by atoms with Crippen LogP contribution in [0.25, 0.3) is 10.9 Å². The number of halogens is 1. The lowest BCUT2D eigenvalue weighted by molar-refractivity contribution is -0.389. The van der Waals surface area contributed by atoms with Crippen LogP contribution in [0.4, 0.5) is 10.2 Å². The Morgan fingerprint density at radius 2 is 2.07 bits per heavy atom. The zero-order valence-corrected chi connectivity index (χ0v) is 6.98. The maximum absolute atomic E-state index is 13.1. The van der Waals surface area contributed by atoms with Crippen LogP contribution < -0.4 is 0 Å². The van der Waals surface area contributed by atoms with Gasteiger partial charge in [-0.25, -0.2) is 4.39 Å². The molecule has 14 heavy (non-hydrogen) atoms. The van der Waals surface area contributed by atoms with E-state index in [1.54, 1.807) is 0 Å². The smallest absolute Gasteiger partial charge is 0.358 e. The molecule has 0 aliphatic carbocycles. The van der Waals surface area contributed by atoms with Crippen molar-refractivity contribution < 1.29 is 9.31 Å². The van der Waals surface area contributed by atoms with Crippen molar-refractivity contribution in [2.75, 3.05) is 0 Å². The molecule has 2 aromatic rings. The molecular weight excluding hydrogens is 187 g/mol. The molecule has 0 saturated carbocycles. The predicted molar refractivity (Wildman–Crippen MR) is 48.4 cm³/mol. The quantitative estimate of drug-likeness (QED) is 0.514. The second-order valence-electron chi connectivity index (χ2n) is 2.73. The summed E-state index contributed by atoms with van der Waals surface area (Å²) in [7, 11) is 0. The summed E-state index contributed by atoms with van der Waals surface area (Å²) in [4.78, 5) is 13.5. The maximum Gasteiger partial charge on any atom is 0.364 e. The van der Waals surface area contributed by atoms with Crippen molar-refractivity contribution in [3.63, 3.8) is 0 Å². The minimum Gasteiger partial charge on any atom is -0.358 e. The Kier molecular flexibility index (Phi) is 1.85. The molecule has 0 aliphatic heterocycles.